The average molecular weight is 494 g/mol. The van der Waals surface area contributed by atoms with E-state index in [1.807, 2.05) is 13.8 Å². The summed E-state index contributed by atoms with van der Waals surface area (Å²) >= 11 is 1.17. The maximum absolute atomic E-state index is 13.3. The van der Waals surface area contributed by atoms with Crippen molar-refractivity contribution in [2.45, 2.75) is 72.0 Å². The Hall–Kier alpha value is -2.82. The molecule has 11 heteroatoms. The van der Waals surface area contributed by atoms with E-state index in [2.05, 4.69) is 26.3 Å². The van der Waals surface area contributed by atoms with Crippen LogP contribution in [-0.4, -0.2) is 59.1 Å². The van der Waals surface area contributed by atoms with E-state index < -0.39 is 35.9 Å². The predicted octanol–water partition coefficient (Wildman–Crippen LogP) is 1.03. The summed E-state index contributed by atoms with van der Waals surface area (Å²) in [6.45, 7) is 9.29. The monoisotopic (exact) mass is 493 g/mol. The largest absolute Gasteiger partial charge is 0.356 e. The van der Waals surface area contributed by atoms with Gasteiger partial charge in [-0.1, -0.05) is 27.7 Å². The molecule has 188 valence electrons. The molecular weight excluding hydrogens is 458 g/mol. The van der Waals surface area contributed by atoms with Crippen molar-refractivity contribution in [3.63, 3.8) is 0 Å². The van der Waals surface area contributed by atoms with Crippen LogP contribution in [0.3, 0.4) is 0 Å². The molecule has 2 rings (SSSR count). The average Bonchev–Trinajstić information content (AvgIpc) is 3.42. The molecule has 0 radical (unpaired) electrons. The fourth-order valence-corrected chi connectivity index (χ4v) is 4.50. The van der Waals surface area contributed by atoms with Gasteiger partial charge in [0.05, 0.1) is 6.04 Å². The summed E-state index contributed by atoms with van der Waals surface area (Å²) in [4.78, 5) is 67.0. The zero-order chi connectivity index (χ0) is 25.4. The summed E-state index contributed by atoms with van der Waals surface area (Å²) in [5, 5.41) is 12.8. The zero-order valence-corrected chi connectivity index (χ0v) is 21.2. The van der Waals surface area contributed by atoms with Gasteiger partial charge in [0.2, 0.25) is 29.4 Å². The summed E-state index contributed by atoms with van der Waals surface area (Å²) in [6.07, 6.45) is 2.58. The van der Waals surface area contributed by atoms with Crippen LogP contribution in [0.4, 0.5) is 0 Å². The minimum Gasteiger partial charge on any atom is -0.356 e. The normalized spacial score (nSPS) is 18.2. The fourth-order valence-electron chi connectivity index (χ4n) is 3.87. The second kappa shape index (κ2) is 12.6. The molecule has 0 saturated carbocycles. The van der Waals surface area contributed by atoms with Gasteiger partial charge in [0, 0.05) is 31.0 Å². The summed E-state index contributed by atoms with van der Waals surface area (Å²) in [7, 11) is 0. The van der Waals surface area contributed by atoms with E-state index in [0.29, 0.717) is 19.4 Å². The van der Waals surface area contributed by atoms with Crippen molar-refractivity contribution in [2.75, 3.05) is 6.54 Å². The van der Waals surface area contributed by atoms with E-state index in [9.17, 15) is 24.0 Å². The second-order valence-electron chi connectivity index (χ2n) is 9.39. The summed E-state index contributed by atoms with van der Waals surface area (Å²) in [5.74, 6) is -2.34. The molecule has 4 amide bonds. The zero-order valence-electron chi connectivity index (χ0n) is 20.3. The molecule has 4 atom stereocenters. The second-order valence-corrected chi connectivity index (χ2v) is 10.3. The van der Waals surface area contributed by atoms with Crippen LogP contribution in [0.15, 0.2) is 11.6 Å². The number of hydrogen-bond donors (Lipinski definition) is 4. The van der Waals surface area contributed by atoms with Gasteiger partial charge in [0.1, 0.15) is 12.1 Å². The Morgan fingerprint density at radius 3 is 2.26 bits per heavy atom. The van der Waals surface area contributed by atoms with E-state index in [0.717, 1.165) is 0 Å². The lowest BCUT2D eigenvalue weighted by molar-refractivity contribution is -0.133. The lowest BCUT2D eigenvalue weighted by atomic mass is 9.95. The number of ketones is 1. The van der Waals surface area contributed by atoms with Crippen LogP contribution in [0.25, 0.3) is 0 Å². The van der Waals surface area contributed by atoms with Crippen molar-refractivity contribution >= 4 is 40.7 Å². The number of nitrogens with one attached hydrogen (secondary N) is 4. The molecule has 1 aliphatic rings. The Bertz CT molecular complexity index is 886. The van der Waals surface area contributed by atoms with E-state index >= 15 is 0 Å². The van der Waals surface area contributed by atoms with Crippen molar-refractivity contribution in [3.8, 4) is 0 Å². The van der Waals surface area contributed by atoms with Crippen molar-refractivity contribution in [3.05, 3.63) is 16.6 Å². The Kier molecular flexibility index (Phi) is 10.2. The third-order valence-corrected chi connectivity index (χ3v) is 6.39. The molecule has 1 aromatic heterocycles. The van der Waals surface area contributed by atoms with Crippen LogP contribution in [-0.2, 0) is 19.2 Å². The van der Waals surface area contributed by atoms with E-state index in [1.54, 1.807) is 19.2 Å². The summed E-state index contributed by atoms with van der Waals surface area (Å²) < 4.78 is 0. The van der Waals surface area contributed by atoms with Crippen LogP contribution in [0.1, 0.15) is 63.7 Å². The van der Waals surface area contributed by atoms with Gasteiger partial charge in [-0.05, 0) is 31.1 Å². The minimum atomic E-state index is -0.949. The molecule has 10 nitrogen and oxygen atoms in total. The molecule has 1 aromatic rings. The lowest BCUT2D eigenvalue weighted by Gasteiger charge is -2.27. The highest BCUT2D eigenvalue weighted by atomic mass is 32.1. The van der Waals surface area contributed by atoms with Gasteiger partial charge >= 0.3 is 0 Å². The first-order valence-electron chi connectivity index (χ1n) is 11.6. The third kappa shape index (κ3) is 7.89. The number of amides is 4. The smallest absolute Gasteiger partial charge is 0.243 e. The van der Waals surface area contributed by atoms with Gasteiger partial charge < -0.3 is 21.3 Å². The number of nitrogens with zero attached hydrogens (tertiary/aromatic N) is 1. The Balaban J connectivity index is 2.21. The molecule has 4 N–H and O–H groups in total. The first-order chi connectivity index (χ1) is 16.0. The first-order valence-corrected chi connectivity index (χ1v) is 12.5. The van der Waals surface area contributed by atoms with E-state index in [-0.39, 0.29) is 40.9 Å². The third-order valence-electron chi connectivity index (χ3n) is 5.61. The molecule has 1 saturated heterocycles. The summed E-state index contributed by atoms with van der Waals surface area (Å²) in [5.41, 5.74) is 0. The van der Waals surface area contributed by atoms with Crippen LogP contribution in [0.2, 0.25) is 0 Å². The van der Waals surface area contributed by atoms with Crippen molar-refractivity contribution in [1.82, 2.24) is 26.3 Å². The topological polar surface area (TPSA) is 146 Å². The Morgan fingerprint density at radius 2 is 1.76 bits per heavy atom. The molecule has 34 heavy (non-hydrogen) atoms. The number of rotatable bonds is 12. The highest BCUT2D eigenvalue weighted by Crippen LogP contribution is 2.20. The molecule has 1 fully saturated rings. The molecule has 1 aliphatic heterocycles. The Labute approximate surface area is 204 Å². The van der Waals surface area contributed by atoms with Gasteiger partial charge in [0.25, 0.3) is 0 Å². The molecule has 0 spiro atoms. The predicted molar refractivity (Wildman–Crippen MR) is 128 cm³/mol. The van der Waals surface area contributed by atoms with Gasteiger partial charge in [-0.15, -0.1) is 11.3 Å². The van der Waals surface area contributed by atoms with E-state index in [4.69, 9.17) is 0 Å². The highest BCUT2D eigenvalue weighted by Gasteiger charge is 2.35. The molecular formula is C23H35N5O5S. The van der Waals surface area contributed by atoms with E-state index in [1.165, 1.54) is 24.5 Å². The molecule has 0 bridgehead atoms. The quantitative estimate of drug-likeness (QED) is 0.320. The van der Waals surface area contributed by atoms with Crippen LogP contribution in [0, 0.1) is 17.8 Å². The number of carbonyl (C=O) groups excluding carboxylic acids is 5. The van der Waals surface area contributed by atoms with Crippen LogP contribution in [0.5, 0.6) is 0 Å². The van der Waals surface area contributed by atoms with Crippen molar-refractivity contribution < 1.29 is 24.0 Å². The molecule has 0 aromatic carbocycles. The number of carbonyl (C=O) groups is 5. The molecule has 2 heterocycles. The Morgan fingerprint density at radius 1 is 1.09 bits per heavy atom. The number of aromatic nitrogens is 1. The number of thiazole rings is 1. The highest BCUT2D eigenvalue weighted by molar-refractivity contribution is 7.11. The maximum atomic E-state index is 13.3. The van der Waals surface area contributed by atoms with Gasteiger partial charge in [-0.25, -0.2) is 4.98 Å². The lowest BCUT2D eigenvalue weighted by Crippen LogP contribution is -2.57. The number of Topliss-reactive ketones (excluding diaryl/α,β-unsaturated/α-hetero) is 1. The number of hydrogen-bond acceptors (Lipinski definition) is 7. The summed E-state index contributed by atoms with van der Waals surface area (Å²) in [6, 6.07) is -2.66. The minimum absolute atomic E-state index is 0.0723. The van der Waals surface area contributed by atoms with Crippen LogP contribution >= 0.6 is 11.3 Å². The molecule has 0 unspecified atom stereocenters. The standard InChI is InChI=1S/C23H35N5O5S/c1-12(2)10-17(28-22(33)18(13(3)4)26-14(5)29)21(32)27-16(11-15-6-7-24-20(15)31)19(30)23-25-8-9-34-23/h8-9,12-13,15-18H,6-7,10-11H2,1-5H3,(H,24,31)(H,26,29)(H,27,32)(H,28,33)/t15-,16-,17-,18-/m0/s1. The first kappa shape index (κ1) is 27.4. The molecule has 0 aliphatic carbocycles. The van der Waals surface area contributed by atoms with Crippen molar-refractivity contribution in [2.24, 2.45) is 17.8 Å². The van der Waals surface area contributed by atoms with Gasteiger partial charge in [0.15, 0.2) is 5.01 Å². The van der Waals surface area contributed by atoms with Gasteiger partial charge in [-0.3, -0.25) is 24.0 Å². The van der Waals surface area contributed by atoms with Crippen molar-refractivity contribution in [1.29, 1.82) is 0 Å². The van der Waals surface area contributed by atoms with Gasteiger partial charge in [-0.2, -0.15) is 0 Å². The fraction of sp³-hybridized carbons (Fsp3) is 0.652. The maximum Gasteiger partial charge on any atom is 0.243 e. The van der Waals surface area contributed by atoms with Crippen LogP contribution < -0.4 is 21.3 Å². The SMILES string of the molecule is CC(=O)N[C@H](C(=O)N[C@@H](CC(C)C)C(=O)N[C@@H](C[C@@H]1CCNC1=O)C(=O)c1nccs1)C(C)C.